The van der Waals surface area contributed by atoms with Crippen molar-refractivity contribution in [1.82, 2.24) is 0 Å². The minimum absolute atomic E-state index is 0.0389. The van der Waals surface area contributed by atoms with E-state index in [0.717, 1.165) is 27.7 Å². The molecule has 0 aliphatic carbocycles. The van der Waals surface area contributed by atoms with E-state index in [-0.39, 0.29) is 13.8 Å². The average Bonchev–Trinajstić information content (AvgIpc) is 2.24. The fraction of sp³-hybridized carbons (Fsp3) is 1.00. The molecule has 0 saturated heterocycles. The Labute approximate surface area is 135 Å². The van der Waals surface area contributed by atoms with Crippen LogP contribution in [0, 0.1) is 0 Å². The van der Waals surface area contributed by atoms with Crippen molar-refractivity contribution in [2.45, 2.75) is 75.3 Å². The Morgan fingerprint density at radius 3 is 0.913 bits per heavy atom. The second-order valence-corrected chi connectivity index (χ2v) is 10.2. The summed E-state index contributed by atoms with van der Waals surface area (Å²) in [5.41, 5.74) is 0. The van der Waals surface area contributed by atoms with Crippen LogP contribution in [0.2, 0.25) is 10.1 Å². The molecule has 0 aromatic carbocycles. The molecule has 0 heterocycles. The molecule has 0 fully saturated rings. The maximum Gasteiger partial charge on any atom is 0.314 e. The highest BCUT2D eigenvalue weighted by molar-refractivity contribution is 6.47. The zero-order valence-corrected chi connectivity index (χ0v) is 15.4. The largest absolute Gasteiger partial charge is 0.456 e. The van der Waals surface area contributed by atoms with Crippen LogP contribution in [0.1, 0.15) is 41.5 Å². The van der Waals surface area contributed by atoms with E-state index in [9.17, 15) is 35.1 Å². The Balaban J connectivity index is 5.03. The summed E-state index contributed by atoms with van der Waals surface area (Å²) >= 11 is 0. The Morgan fingerprint density at radius 2 is 0.739 bits per heavy atom. The van der Waals surface area contributed by atoms with Gasteiger partial charge in [-0.05, 0) is 0 Å². The predicted molar refractivity (Wildman–Crippen MR) is 71.8 cm³/mol. The maximum atomic E-state index is 13.7. The topological polar surface area (TPSA) is 9.23 Å². The lowest BCUT2D eigenvalue weighted by atomic mass is 9.99. The second-order valence-electron chi connectivity index (χ2n) is 6.48. The molecule has 136 valence electrons. The van der Waals surface area contributed by atoms with Gasteiger partial charge in [0.15, 0.2) is 0 Å². The zero-order chi connectivity index (χ0) is 19.1. The minimum Gasteiger partial charge on any atom is -0.456 e. The Morgan fingerprint density at radius 1 is 0.522 bits per heavy atom. The molecular formula is C12H18F8OSi2. The highest BCUT2D eigenvalue weighted by Crippen LogP contribution is 2.53. The molecule has 0 aromatic rings. The van der Waals surface area contributed by atoms with Crippen LogP contribution in [0.4, 0.5) is 35.1 Å². The number of hydrogen-bond acceptors (Lipinski definition) is 1. The van der Waals surface area contributed by atoms with Crippen LogP contribution >= 0.6 is 0 Å². The lowest BCUT2D eigenvalue weighted by Crippen LogP contribution is -2.51. The van der Waals surface area contributed by atoms with Gasteiger partial charge in [-0.2, -0.15) is 17.6 Å². The van der Waals surface area contributed by atoms with E-state index < -0.39 is 53.3 Å². The molecule has 0 aliphatic heterocycles. The van der Waals surface area contributed by atoms with E-state index in [4.69, 9.17) is 4.12 Å². The SMILES string of the molecule is CC(F)(F)C(F)(F)C(C)(C)[Si]O[Si]C(C)(C)C(F)(F)C(C)(F)F. The van der Waals surface area contributed by atoms with Crippen molar-refractivity contribution in [3.63, 3.8) is 0 Å². The normalized spacial score (nSPS) is 15.9. The van der Waals surface area contributed by atoms with Crippen LogP contribution in [0.5, 0.6) is 0 Å². The van der Waals surface area contributed by atoms with E-state index in [2.05, 4.69) is 0 Å². The summed E-state index contributed by atoms with van der Waals surface area (Å²) in [4.78, 5) is 0. The van der Waals surface area contributed by atoms with Gasteiger partial charge in [0.05, 0.1) is 10.1 Å². The summed E-state index contributed by atoms with van der Waals surface area (Å²) in [5.74, 6) is -17.6. The highest BCUT2D eigenvalue weighted by Gasteiger charge is 2.64. The van der Waals surface area contributed by atoms with Gasteiger partial charge < -0.3 is 4.12 Å². The summed E-state index contributed by atoms with van der Waals surface area (Å²) in [5, 5.41) is -4.70. The predicted octanol–water partition coefficient (Wildman–Crippen LogP) is 5.22. The number of alkyl halides is 8. The molecule has 0 N–H and O–H groups in total. The van der Waals surface area contributed by atoms with Crippen molar-refractivity contribution in [3.05, 3.63) is 0 Å². The smallest absolute Gasteiger partial charge is 0.314 e. The number of hydrogen-bond donors (Lipinski definition) is 0. The second kappa shape index (κ2) is 6.28. The first-order valence-corrected chi connectivity index (χ1v) is 8.24. The molecule has 0 unspecified atom stereocenters. The number of rotatable bonds is 8. The van der Waals surface area contributed by atoms with Gasteiger partial charge in [-0.3, -0.25) is 0 Å². The van der Waals surface area contributed by atoms with Crippen LogP contribution < -0.4 is 0 Å². The van der Waals surface area contributed by atoms with Gasteiger partial charge in [-0.1, -0.05) is 27.7 Å². The molecule has 0 amide bonds. The van der Waals surface area contributed by atoms with Gasteiger partial charge in [-0.15, -0.1) is 0 Å². The average molecular weight is 386 g/mol. The van der Waals surface area contributed by atoms with E-state index in [1.54, 1.807) is 0 Å². The van der Waals surface area contributed by atoms with Gasteiger partial charge in [0.1, 0.15) is 0 Å². The summed E-state index contributed by atoms with van der Waals surface area (Å²) < 4.78 is 111. The molecule has 23 heavy (non-hydrogen) atoms. The molecule has 0 aromatic heterocycles. The first-order chi connectivity index (χ1) is 9.71. The van der Waals surface area contributed by atoms with Gasteiger partial charge in [0.25, 0.3) is 0 Å². The fourth-order valence-electron chi connectivity index (χ4n) is 1.51. The molecular weight excluding hydrogens is 368 g/mol. The summed E-state index contributed by atoms with van der Waals surface area (Å²) in [6, 6.07) is 0. The number of halogens is 8. The molecule has 0 rings (SSSR count). The van der Waals surface area contributed by atoms with Crippen LogP contribution in [0.3, 0.4) is 0 Å². The lowest BCUT2D eigenvalue weighted by Gasteiger charge is -2.39. The standard InChI is InChI=1S/C12H18F8OSi2/c1-7(2,11(17,18)9(5,13)14)22-21-23-8(3,4)12(19,20)10(6,15)16/h1-6H3. The Hall–Kier alpha value is -0.166. The van der Waals surface area contributed by atoms with Crippen molar-refractivity contribution in [3.8, 4) is 0 Å². The Kier molecular flexibility index (Phi) is 6.24. The van der Waals surface area contributed by atoms with Crippen molar-refractivity contribution < 1.29 is 39.2 Å². The van der Waals surface area contributed by atoms with Gasteiger partial charge in [0.2, 0.25) is 19.5 Å². The summed E-state index contributed by atoms with van der Waals surface area (Å²) in [6.07, 6.45) is 0. The van der Waals surface area contributed by atoms with Crippen molar-refractivity contribution >= 4 is 19.5 Å². The quantitative estimate of drug-likeness (QED) is 0.411. The van der Waals surface area contributed by atoms with E-state index in [1.165, 1.54) is 0 Å². The van der Waals surface area contributed by atoms with Gasteiger partial charge in [-0.25, -0.2) is 17.6 Å². The molecule has 0 saturated carbocycles. The van der Waals surface area contributed by atoms with Crippen LogP contribution in [-0.2, 0) is 4.12 Å². The molecule has 1 nitrogen and oxygen atoms in total. The van der Waals surface area contributed by atoms with Crippen molar-refractivity contribution in [2.75, 3.05) is 0 Å². The van der Waals surface area contributed by atoms with Crippen molar-refractivity contribution in [1.29, 1.82) is 0 Å². The Bertz CT molecular complexity index is 374. The highest BCUT2D eigenvalue weighted by atomic mass is 28.3. The minimum atomic E-state index is -4.45. The lowest BCUT2D eigenvalue weighted by molar-refractivity contribution is -0.218. The van der Waals surface area contributed by atoms with E-state index >= 15 is 0 Å². The summed E-state index contributed by atoms with van der Waals surface area (Å²) in [7, 11) is -2.55. The first-order valence-electron chi connectivity index (χ1n) is 6.42. The van der Waals surface area contributed by atoms with Crippen LogP contribution in [-0.4, -0.2) is 43.2 Å². The first kappa shape index (κ1) is 22.8. The van der Waals surface area contributed by atoms with Crippen molar-refractivity contribution in [2.24, 2.45) is 0 Å². The molecule has 0 aliphatic rings. The van der Waals surface area contributed by atoms with Crippen LogP contribution in [0.25, 0.3) is 0 Å². The molecule has 0 bridgehead atoms. The molecule has 0 atom stereocenters. The molecule has 11 heteroatoms. The molecule has 4 radical (unpaired) electrons. The van der Waals surface area contributed by atoms with Gasteiger partial charge in [0, 0.05) is 13.8 Å². The third-order valence-electron chi connectivity index (χ3n) is 3.28. The zero-order valence-electron chi connectivity index (χ0n) is 13.4. The van der Waals surface area contributed by atoms with Gasteiger partial charge >= 0.3 is 23.7 Å². The van der Waals surface area contributed by atoms with E-state index in [1.807, 2.05) is 0 Å². The monoisotopic (exact) mass is 386 g/mol. The van der Waals surface area contributed by atoms with Crippen LogP contribution in [0.15, 0.2) is 0 Å². The summed E-state index contributed by atoms with van der Waals surface area (Å²) in [6.45, 7) is 3.27. The third kappa shape index (κ3) is 4.47. The fourth-order valence-corrected chi connectivity index (χ4v) is 4.45. The third-order valence-corrected chi connectivity index (χ3v) is 5.75. The molecule has 0 spiro atoms. The maximum absolute atomic E-state index is 13.7. The van der Waals surface area contributed by atoms with E-state index in [0.29, 0.717) is 0 Å².